The predicted molar refractivity (Wildman–Crippen MR) is 82.1 cm³/mol. The molecule has 4 heteroatoms. The van der Waals surface area contributed by atoms with E-state index in [4.69, 9.17) is 4.74 Å². The van der Waals surface area contributed by atoms with E-state index in [1.807, 2.05) is 49.1 Å². The summed E-state index contributed by atoms with van der Waals surface area (Å²) >= 11 is 0. The van der Waals surface area contributed by atoms with Crippen LogP contribution >= 0.6 is 0 Å². The molecule has 0 atom stereocenters. The van der Waals surface area contributed by atoms with Gasteiger partial charge in [-0.3, -0.25) is 4.68 Å². The van der Waals surface area contributed by atoms with Crippen molar-refractivity contribution in [3.8, 4) is 5.75 Å². The maximum absolute atomic E-state index is 5.82. The maximum Gasteiger partial charge on any atom is 0.124 e. The van der Waals surface area contributed by atoms with Gasteiger partial charge in [0.05, 0.1) is 18.0 Å². The van der Waals surface area contributed by atoms with Crippen LogP contribution in [0, 0.1) is 0 Å². The lowest BCUT2D eigenvalue weighted by Gasteiger charge is -2.14. The van der Waals surface area contributed by atoms with Crippen molar-refractivity contribution in [2.24, 2.45) is 0 Å². The van der Waals surface area contributed by atoms with Crippen LogP contribution in [0.15, 0.2) is 36.7 Å². The third-order valence-electron chi connectivity index (χ3n) is 2.95. The van der Waals surface area contributed by atoms with E-state index in [1.54, 1.807) is 0 Å². The Labute approximate surface area is 120 Å². The van der Waals surface area contributed by atoms with Gasteiger partial charge in [-0.2, -0.15) is 5.10 Å². The fourth-order valence-electron chi connectivity index (χ4n) is 1.93. The highest BCUT2D eigenvalue weighted by atomic mass is 16.5. The lowest BCUT2D eigenvalue weighted by atomic mass is 10.2. The molecule has 0 unspecified atom stereocenters. The Kier molecular flexibility index (Phi) is 4.66. The van der Waals surface area contributed by atoms with Crippen LogP contribution in [0.1, 0.15) is 39.3 Å². The summed E-state index contributed by atoms with van der Waals surface area (Å²) in [6.45, 7) is 9.03. The second-order valence-corrected chi connectivity index (χ2v) is 5.43. The number of rotatable bonds is 6. The molecule has 0 amide bonds. The molecule has 1 heterocycles. The summed E-state index contributed by atoms with van der Waals surface area (Å²) in [6.07, 6.45) is 4.06. The van der Waals surface area contributed by atoms with Crippen molar-refractivity contribution in [1.29, 1.82) is 0 Å². The number of anilines is 1. The van der Waals surface area contributed by atoms with Gasteiger partial charge in [-0.1, -0.05) is 18.2 Å². The second kappa shape index (κ2) is 6.46. The van der Waals surface area contributed by atoms with E-state index in [2.05, 4.69) is 30.3 Å². The van der Waals surface area contributed by atoms with Crippen molar-refractivity contribution in [2.45, 2.75) is 46.4 Å². The highest BCUT2D eigenvalue weighted by molar-refractivity contribution is 5.42. The predicted octanol–water partition coefficient (Wildman–Crippen LogP) is 3.86. The summed E-state index contributed by atoms with van der Waals surface area (Å²) in [5, 5.41) is 7.71. The second-order valence-electron chi connectivity index (χ2n) is 5.43. The van der Waals surface area contributed by atoms with Crippen LogP contribution in [-0.2, 0) is 6.54 Å². The number of aromatic nitrogens is 2. The smallest absolute Gasteiger partial charge is 0.124 e. The molecule has 1 aromatic carbocycles. The average molecular weight is 273 g/mol. The SMILES string of the molecule is CC(C)Oc1ccccc1CNc1cnn(C(C)C)c1. The van der Waals surface area contributed by atoms with E-state index in [9.17, 15) is 0 Å². The maximum atomic E-state index is 5.82. The topological polar surface area (TPSA) is 39.1 Å². The van der Waals surface area contributed by atoms with Crippen LogP contribution in [0.5, 0.6) is 5.75 Å². The normalized spacial score (nSPS) is 11.1. The summed E-state index contributed by atoms with van der Waals surface area (Å²) in [5.41, 5.74) is 2.18. The molecule has 4 nitrogen and oxygen atoms in total. The zero-order valence-corrected chi connectivity index (χ0v) is 12.6. The number of nitrogens with zero attached hydrogens (tertiary/aromatic N) is 2. The first-order valence-corrected chi connectivity index (χ1v) is 7.09. The molecule has 1 aromatic heterocycles. The van der Waals surface area contributed by atoms with E-state index >= 15 is 0 Å². The molecular weight excluding hydrogens is 250 g/mol. The van der Waals surface area contributed by atoms with Crippen molar-refractivity contribution < 1.29 is 4.74 Å². The summed E-state index contributed by atoms with van der Waals surface area (Å²) in [6, 6.07) is 8.49. The molecule has 0 saturated carbocycles. The third-order valence-corrected chi connectivity index (χ3v) is 2.95. The lowest BCUT2D eigenvalue weighted by Crippen LogP contribution is -2.09. The Bertz CT molecular complexity index is 546. The van der Waals surface area contributed by atoms with Crippen molar-refractivity contribution in [3.63, 3.8) is 0 Å². The Hall–Kier alpha value is -1.97. The summed E-state index contributed by atoms with van der Waals surface area (Å²) < 4.78 is 7.76. The Balaban J connectivity index is 2.02. The average Bonchev–Trinajstić information content (AvgIpc) is 2.86. The van der Waals surface area contributed by atoms with Gasteiger partial charge in [0.25, 0.3) is 0 Å². The third kappa shape index (κ3) is 3.76. The van der Waals surface area contributed by atoms with Gasteiger partial charge < -0.3 is 10.1 Å². The van der Waals surface area contributed by atoms with Crippen LogP contribution in [0.4, 0.5) is 5.69 Å². The zero-order chi connectivity index (χ0) is 14.5. The van der Waals surface area contributed by atoms with Gasteiger partial charge in [0.2, 0.25) is 0 Å². The van der Waals surface area contributed by atoms with E-state index < -0.39 is 0 Å². The molecule has 20 heavy (non-hydrogen) atoms. The van der Waals surface area contributed by atoms with E-state index in [1.165, 1.54) is 0 Å². The van der Waals surface area contributed by atoms with Crippen molar-refractivity contribution >= 4 is 5.69 Å². The van der Waals surface area contributed by atoms with Gasteiger partial charge in [-0.15, -0.1) is 0 Å². The molecule has 0 aliphatic carbocycles. The molecule has 1 N–H and O–H groups in total. The molecule has 0 bridgehead atoms. The van der Waals surface area contributed by atoms with Crippen LogP contribution in [0.25, 0.3) is 0 Å². The minimum Gasteiger partial charge on any atom is -0.491 e. The van der Waals surface area contributed by atoms with E-state index in [-0.39, 0.29) is 6.10 Å². The van der Waals surface area contributed by atoms with E-state index in [0.717, 1.165) is 23.5 Å². The monoisotopic (exact) mass is 273 g/mol. The molecule has 2 rings (SSSR count). The number of hydrogen-bond acceptors (Lipinski definition) is 3. The number of ether oxygens (including phenoxy) is 1. The van der Waals surface area contributed by atoms with Gasteiger partial charge in [0.15, 0.2) is 0 Å². The summed E-state index contributed by atoms with van der Waals surface area (Å²) in [5.74, 6) is 0.936. The van der Waals surface area contributed by atoms with Crippen LogP contribution in [-0.4, -0.2) is 15.9 Å². The highest BCUT2D eigenvalue weighted by Crippen LogP contribution is 2.21. The largest absolute Gasteiger partial charge is 0.491 e. The van der Waals surface area contributed by atoms with Crippen molar-refractivity contribution in [2.75, 3.05) is 5.32 Å². The van der Waals surface area contributed by atoms with Crippen LogP contribution in [0.3, 0.4) is 0 Å². The first-order chi connectivity index (χ1) is 9.56. The molecule has 0 aliphatic heterocycles. The molecular formula is C16H23N3O. The van der Waals surface area contributed by atoms with E-state index in [0.29, 0.717) is 6.04 Å². The van der Waals surface area contributed by atoms with Crippen molar-refractivity contribution in [1.82, 2.24) is 9.78 Å². The fraction of sp³-hybridized carbons (Fsp3) is 0.438. The number of benzene rings is 1. The number of nitrogens with one attached hydrogen (secondary N) is 1. The van der Waals surface area contributed by atoms with Gasteiger partial charge in [0.1, 0.15) is 5.75 Å². The van der Waals surface area contributed by atoms with Crippen LogP contribution < -0.4 is 10.1 Å². The molecule has 0 aliphatic rings. The van der Waals surface area contributed by atoms with Crippen molar-refractivity contribution in [3.05, 3.63) is 42.2 Å². The van der Waals surface area contributed by atoms with Gasteiger partial charge in [-0.05, 0) is 33.8 Å². The minimum absolute atomic E-state index is 0.180. The number of para-hydroxylation sites is 1. The number of hydrogen-bond donors (Lipinski definition) is 1. The Morgan fingerprint density at radius 1 is 1.20 bits per heavy atom. The highest BCUT2D eigenvalue weighted by Gasteiger charge is 2.06. The minimum atomic E-state index is 0.180. The first kappa shape index (κ1) is 14.4. The Morgan fingerprint density at radius 3 is 2.60 bits per heavy atom. The molecule has 0 fully saturated rings. The summed E-state index contributed by atoms with van der Waals surface area (Å²) in [4.78, 5) is 0. The van der Waals surface area contributed by atoms with Gasteiger partial charge in [0, 0.05) is 24.3 Å². The van der Waals surface area contributed by atoms with Gasteiger partial charge in [-0.25, -0.2) is 0 Å². The Morgan fingerprint density at radius 2 is 1.95 bits per heavy atom. The summed E-state index contributed by atoms with van der Waals surface area (Å²) in [7, 11) is 0. The first-order valence-electron chi connectivity index (χ1n) is 7.09. The molecule has 0 radical (unpaired) electrons. The molecule has 108 valence electrons. The molecule has 0 saturated heterocycles. The molecule has 0 spiro atoms. The standard InChI is InChI=1S/C16H23N3O/c1-12(2)19-11-15(10-18-19)17-9-14-7-5-6-8-16(14)20-13(3)4/h5-8,10-13,17H,9H2,1-4H3. The molecule has 2 aromatic rings. The quantitative estimate of drug-likeness (QED) is 0.868. The lowest BCUT2D eigenvalue weighted by molar-refractivity contribution is 0.240. The zero-order valence-electron chi connectivity index (χ0n) is 12.6. The fourth-order valence-corrected chi connectivity index (χ4v) is 1.93. The van der Waals surface area contributed by atoms with Gasteiger partial charge >= 0.3 is 0 Å². The van der Waals surface area contributed by atoms with Crippen LogP contribution in [0.2, 0.25) is 0 Å².